The van der Waals surface area contributed by atoms with Crippen LogP contribution in [-0.4, -0.2) is 32.3 Å². The van der Waals surface area contributed by atoms with Crippen LogP contribution in [0, 0.1) is 6.92 Å². The highest BCUT2D eigenvalue weighted by Gasteiger charge is 2.28. The number of rotatable bonds is 7. The zero-order chi connectivity index (χ0) is 15.9. The topological polar surface area (TPSA) is 50.4 Å². The minimum atomic E-state index is -4.37. The molecule has 2 N–H and O–H groups in total. The maximum Gasteiger partial charge on any atom is 0.422 e. The number of anilines is 1. The largest absolute Gasteiger partial charge is 0.484 e. The van der Waals surface area contributed by atoms with Gasteiger partial charge >= 0.3 is 6.18 Å². The smallest absolute Gasteiger partial charge is 0.422 e. The Balaban J connectivity index is 2.55. The zero-order valence-electron chi connectivity index (χ0n) is 12.0. The van der Waals surface area contributed by atoms with E-state index in [1.165, 1.54) is 12.1 Å². The highest BCUT2D eigenvalue weighted by molar-refractivity contribution is 5.90. The summed E-state index contributed by atoms with van der Waals surface area (Å²) in [5, 5.41) is 5.64. The molecule has 1 rings (SSSR count). The van der Waals surface area contributed by atoms with Gasteiger partial charge in [0.15, 0.2) is 6.61 Å². The van der Waals surface area contributed by atoms with Crippen molar-refractivity contribution in [1.82, 2.24) is 5.32 Å². The van der Waals surface area contributed by atoms with Crippen LogP contribution < -0.4 is 15.4 Å². The number of hydrogen-bond donors (Lipinski definition) is 2. The quantitative estimate of drug-likeness (QED) is 0.762. The first kappa shape index (κ1) is 17.3. The highest BCUT2D eigenvalue weighted by Crippen LogP contribution is 2.24. The Kier molecular flexibility index (Phi) is 6.48. The number of benzene rings is 1. The molecule has 0 heterocycles. The zero-order valence-corrected chi connectivity index (χ0v) is 12.0. The molecule has 118 valence electrons. The fourth-order valence-electron chi connectivity index (χ4n) is 1.70. The van der Waals surface area contributed by atoms with Crippen molar-refractivity contribution in [2.24, 2.45) is 0 Å². The van der Waals surface area contributed by atoms with Gasteiger partial charge in [-0.1, -0.05) is 0 Å². The first-order valence-corrected chi connectivity index (χ1v) is 6.56. The number of amides is 1. The predicted molar refractivity (Wildman–Crippen MR) is 74.5 cm³/mol. The van der Waals surface area contributed by atoms with Gasteiger partial charge in [-0.25, -0.2) is 0 Å². The Hall–Kier alpha value is -1.76. The summed E-state index contributed by atoms with van der Waals surface area (Å²) in [7, 11) is 1.81. The third-order valence-corrected chi connectivity index (χ3v) is 2.68. The van der Waals surface area contributed by atoms with E-state index >= 15 is 0 Å². The van der Waals surface area contributed by atoms with Crippen molar-refractivity contribution in [2.75, 3.05) is 25.5 Å². The van der Waals surface area contributed by atoms with Crippen LogP contribution in [0.4, 0.5) is 18.9 Å². The molecule has 0 atom stereocenters. The van der Waals surface area contributed by atoms with E-state index in [1.807, 2.05) is 0 Å². The van der Waals surface area contributed by atoms with Crippen molar-refractivity contribution in [2.45, 2.75) is 25.9 Å². The second-order valence-corrected chi connectivity index (χ2v) is 4.64. The van der Waals surface area contributed by atoms with E-state index in [0.717, 1.165) is 6.54 Å². The van der Waals surface area contributed by atoms with E-state index < -0.39 is 12.8 Å². The van der Waals surface area contributed by atoms with Crippen molar-refractivity contribution in [3.8, 4) is 5.75 Å². The number of alkyl halides is 3. The molecular formula is C14H19F3N2O2. The predicted octanol–water partition coefficient (Wildman–Crippen LogP) is 2.87. The van der Waals surface area contributed by atoms with Crippen molar-refractivity contribution in [3.05, 3.63) is 23.8 Å². The molecule has 1 amide bonds. The van der Waals surface area contributed by atoms with E-state index in [9.17, 15) is 18.0 Å². The van der Waals surface area contributed by atoms with Gasteiger partial charge in [-0.3, -0.25) is 4.79 Å². The van der Waals surface area contributed by atoms with E-state index in [-0.39, 0.29) is 11.7 Å². The average Bonchev–Trinajstić information content (AvgIpc) is 2.37. The van der Waals surface area contributed by atoms with Gasteiger partial charge < -0.3 is 15.4 Å². The summed E-state index contributed by atoms with van der Waals surface area (Å²) in [5.41, 5.74) is 1.08. The number of carbonyl (C=O) groups excluding carboxylic acids is 1. The van der Waals surface area contributed by atoms with Gasteiger partial charge in [0.05, 0.1) is 0 Å². The molecule has 0 radical (unpaired) electrons. The summed E-state index contributed by atoms with van der Waals surface area (Å²) < 4.78 is 40.9. The minimum absolute atomic E-state index is 0.131. The summed E-state index contributed by atoms with van der Waals surface area (Å²) in [4.78, 5) is 11.6. The fourth-order valence-corrected chi connectivity index (χ4v) is 1.70. The molecule has 0 saturated heterocycles. The average molecular weight is 304 g/mol. The molecule has 0 aliphatic carbocycles. The molecule has 21 heavy (non-hydrogen) atoms. The van der Waals surface area contributed by atoms with Crippen LogP contribution in [0.25, 0.3) is 0 Å². The lowest BCUT2D eigenvalue weighted by molar-refractivity contribution is -0.153. The van der Waals surface area contributed by atoms with Crippen LogP contribution in [0.5, 0.6) is 5.75 Å². The number of carbonyl (C=O) groups is 1. The molecule has 4 nitrogen and oxygen atoms in total. The van der Waals surface area contributed by atoms with Gasteiger partial charge in [-0.05, 0) is 50.7 Å². The Morgan fingerprint density at radius 3 is 2.62 bits per heavy atom. The molecule has 0 saturated carbocycles. The number of halogens is 3. The first-order chi connectivity index (χ1) is 9.81. The van der Waals surface area contributed by atoms with Gasteiger partial charge in [-0.15, -0.1) is 0 Å². The molecule has 7 heteroatoms. The number of nitrogens with one attached hydrogen (secondary N) is 2. The first-order valence-electron chi connectivity index (χ1n) is 6.56. The summed E-state index contributed by atoms with van der Waals surface area (Å²) in [6, 6.07) is 4.53. The van der Waals surface area contributed by atoms with Crippen molar-refractivity contribution < 1.29 is 22.7 Å². The van der Waals surface area contributed by atoms with Crippen molar-refractivity contribution in [3.63, 3.8) is 0 Å². The van der Waals surface area contributed by atoms with Gasteiger partial charge in [0.1, 0.15) is 5.75 Å². The van der Waals surface area contributed by atoms with E-state index in [2.05, 4.69) is 10.6 Å². The van der Waals surface area contributed by atoms with Gasteiger partial charge in [0, 0.05) is 12.1 Å². The SMILES string of the molecule is CNCCCC(=O)Nc1ccc(OCC(F)(F)F)c(C)c1. The normalized spacial score (nSPS) is 11.3. The molecule has 0 spiro atoms. The summed E-state index contributed by atoms with van der Waals surface area (Å²) in [5.74, 6) is 0.0223. The lowest BCUT2D eigenvalue weighted by atomic mass is 10.2. The summed E-state index contributed by atoms with van der Waals surface area (Å²) in [6.45, 7) is 1.04. The van der Waals surface area contributed by atoms with E-state index in [0.29, 0.717) is 24.1 Å². The lowest BCUT2D eigenvalue weighted by Crippen LogP contribution is -2.19. The molecule has 1 aromatic rings. The minimum Gasteiger partial charge on any atom is -0.484 e. The number of hydrogen-bond acceptors (Lipinski definition) is 3. The van der Waals surface area contributed by atoms with Crippen molar-refractivity contribution >= 4 is 11.6 Å². The Morgan fingerprint density at radius 1 is 1.33 bits per heavy atom. The summed E-state index contributed by atoms with van der Waals surface area (Å²) >= 11 is 0. The van der Waals surface area contributed by atoms with Crippen molar-refractivity contribution in [1.29, 1.82) is 0 Å². The van der Waals surface area contributed by atoms with Gasteiger partial charge in [0.25, 0.3) is 0 Å². The molecule has 0 fully saturated rings. The second kappa shape index (κ2) is 7.87. The van der Waals surface area contributed by atoms with Crippen LogP contribution in [0.15, 0.2) is 18.2 Å². The Labute approximate surface area is 121 Å². The van der Waals surface area contributed by atoms with Crippen LogP contribution in [0.2, 0.25) is 0 Å². The molecule has 0 aliphatic rings. The third-order valence-electron chi connectivity index (χ3n) is 2.68. The van der Waals surface area contributed by atoms with Gasteiger partial charge in [0.2, 0.25) is 5.91 Å². The van der Waals surface area contributed by atoms with Crippen LogP contribution in [-0.2, 0) is 4.79 Å². The Morgan fingerprint density at radius 2 is 2.05 bits per heavy atom. The maximum absolute atomic E-state index is 12.1. The monoisotopic (exact) mass is 304 g/mol. The van der Waals surface area contributed by atoms with E-state index in [4.69, 9.17) is 4.74 Å². The number of ether oxygens (including phenoxy) is 1. The molecule has 1 aromatic carbocycles. The van der Waals surface area contributed by atoms with Crippen LogP contribution in [0.3, 0.4) is 0 Å². The second-order valence-electron chi connectivity index (χ2n) is 4.64. The molecule has 0 unspecified atom stereocenters. The Bertz CT molecular complexity index is 476. The lowest BCUT2D eigenvalue weighted by Gasteiger charge is -2.13. The standard InChI is InChI=1S/C14H19F3N2O2/c1-10-8-11(19-13(20)4-3-7-18-2)5-6-12(10)21-9-14(15,16)17/h5-6,8,18H,3-4,7,9H2,1-2H3,(H,19,20). The highest BCUT2D eigenvalue weighted by atomic mass is 19.4. The summed E-state index contributed by atoms with van der Waals surface area (Å²) in [6.07, 6.45) is -3.27. The molecule has 0 bridgehead atoms. The van der Waals surface area contributed by atoms with Gasteiger partial charge in [-0.2, -0.15) is 13.2 Å². The van der Waals surface area contributed by atoms with E-state index in [1.54, 1.807) is 20.0 Å². The molecule has 0 aliphatic heterocycles. The molecule has 0 aromatic heterocycles. The molecular weight excluding hydrogens is 285 g/mol. The van der Waals surface area contributed by atoms with Crippen LogP contribution >= 0.6 is 0 Å². The van der Waals surface area contributed by atoms with Crippen LogP contribution in [0.1, 0.15) is 18.4 Å². The maximum atomic E-state index is 12.1. The third kappa shape index (κ3) is 6.99. The number of aryl methyl sites for hydroxylation is 1. The fraction of sp³-hybridized carbons (Fsp3) is 0.500.